The van der Waals surface area contributed by atoms with Crippen LogP contribution in [0.2, 0.25) is 0 Å². The Kier molecular flexibility index (Phi) is 4.19. The fourth-order valence-corrected chi connectivity index (χ4v) is 4.23. The lowest BCUT2D eigenvalue weighted by Gasteiger charge is -2.29. The first-order valence-electron chi connectivity index (χ1n) is 9.03. The van der Waals surface area contributed by atoms with Crippen LogP contribution in [0, 0.1) is 6.92 Å². The number of aromatic nitrogens is 4. The van der Waals surface area contributed by atoms with Gasteiger partial charge in [-0.05, 0) is 32.1 Å². The Morgan fingerprint density at radius 2 is 2.16 bits per heavy atom. The minimum absolute atomic E-state index is 0.111. The highest BCUT2D eigenvalue weighted by Crippen LogP contribution is 2.37. The lowest BCUT2D eigenvalue weighted by molar-refractivity contribution is 0.214. The first-order chi connectivity index (χ1) is 12.2. The van der Waals surface area contributed by atoms with Crippen LogP contribution in [0.5, 0.6) is 0 Å². The number of carbonyl (C=O) groups is 1. The van der Waals surface area contributed by atoms with Gasteiger partial charge < -0.3 is 19.7 Å². The van der Waals surface area contributed by atoms with E-state index in [-0.39, 0.29) is 18.1 Å². The van der Waals surface area contributed by atoms with E-state index in [0.717, 1.165) is 44.9 Å². The van der Waals surface area contributed by atoms with Gasteiger partial charge in [-0.1, -0.05) is 18.0 Å². The molecule has 2 aromatic rings. The van der Waals surface area contributed by atoms with E-state index >= 15 is 0 Å². The summed E-state index contributed by atoms with van der Waals surface area (Å²) in [6, 6.07) is 0.223. The highest BCUT2D eigenvalue weighted by Gasteiger charge is 2.42. The molecule has 0 unspecified atom stereocenters. The third-order valence-electron chi connectivity index (χ3n) is 5.47. The van der Waals surface area contributed by atoms with E-state index < -0.39 is 5.54 Å². The van der Waals surface area contributed by atoms with Crippen LogP contribution in [0.3, 0.4) is 0 Å². The van der Waals surface area contributed by atoms with Crippen molar-refractivity contribution in [3.05, 3.63) is 30.4 Å². The van der Waals surface area contributed by atoms with Crippen molar-refractivity contribution in [3.8, 4) is 0 Å². The van der Waals surface area contributed by atoms with Crippen LogP contribution >= 0.6 is 0 Å². The SMILES string of the molecule is Cc1nc(C2(NC(=O)N[C@@H]3CCC[C@@H]3n3ccnc3)CCCC2)no1. The number of rotatable bonds is 4. The molecule has 25 heavy (non-hydrogen) atoms. The first-order valence-corrected chi connectivity index (χ1v) is 9.03. The second-order valence-electron chi connectivity index (χ2n) is 7.14. The van der Waals surface area contributed by atoms with Gasteiger partial charge in [-0.2, -0.15) is 4.98 Å². The molecule has 0 aromatic carbocycles. The van der Waals surface area contributed by atoms with Gasteiger partial charge in [0, 0.05) is 19.3 Å². The van der Waals surface area contributed by atoms with Crippen molar-refractivity contribution in [2.24, 2.45) is 0 Å². The van der Waals surface area contributed by atoms with E-state index in [1.165, 1.54) is 0 Å². The predicted octanol–water partition coefficient (Wildman–Crippen LogP) is 2.44. The molecule has 2 aliphatic carbocycles. The molecule has 4 rings (SSSR count). The lowest BCUT2D eigenvalue weighted by Crippen LogP contribution is -2.52. The van der Waals surface area contributed by atoms with Crippen LogP contribution in [0.1, 0.15) is 62.7 Å². The summed E-state index contributed by atoms with van der Waals surface area (Å²) >= 11 is 0. The molecule has 2 fully saturated rings. The van der Waals surface area contributed by atoms with Gasteiger partial charge in [0.1, 0.15) is 5.54 Å². The minimum Gasteiger partial charge on any atom is -0.340 e. The summed E-state index contributed by atoms with van der Waals surface area (Å²) in [5, 5.41) is 10.4. The minimum atomic E-state index is -0.509. The first kappa shape index (κ1) is 16.1. The van der Waals surface area contributed by atoms with E-state index in [0.29, 0.717) is 11.7 Å². The Labute approximate surface area is 146 Å². The third-order valence-corrected chi connectivity index (χ3v) is 5.47. The van der Waals surface area contributed by atoms with Crippen LogP contribution in [0.25, 0.3) is 0 Å². The van der Waals surface area contributed by atoms with Crippen molar-refractivity contribution >= 4 is 6.03 Å². The number of nitrogens with zero attached hydrogens (tertiary/aromatic N) is 4. The third kappa shape index (κ3) is 3.12. The summed E-state index contributed by atoms with van der Waals surface area (Å²) in [5.41, 5.74) is -0.509. The number of imidazole rings is 1. The highest BCUT2D eigenvalue weighted by atomic mass is 16.5. The molecule has 2 N–H and O–H groups in total. The predicted molar refractivity (Wildman–Crippen MR) is 89.8 cm³/mol. The van der Waals surface area contributed by atoms with Gasteiger partial charge in [-0.15, -0.1) is 0 Å². The Bertz CT molecular complexity index is 719. The summed E-state index contributed by atoms with van der Waals surface area (Å²) in [6.45, 7) is 1.77. The molecular weight excluding hydrogens is 320 g/mol. The van der Waals surface area contributed by atoms with Crippen LogP contribution in [-0.4, -0.2) is 31.8 Å². The Balaban J connectivity index is 1.45. The maximum atomic E-state index is 12.7. The number of nitrogens with one attached hydrogen (secondary N) is 2. The van der Waals surface area contributed by atoms with Gasteiger partial charge in [0.2, 0.25) is 5.89 Å². The van der Waals surface area contributed by atoms with Crippen molar-refractivity contribution in [1.82, 2.24) is 30.3 Å². The molecule has 2 heterocycles. The lowest BCUT2D eigenvalue weighted by atomic mass is 9.97. The number of carbonyl (C=O) groups excluding carboxylic acids is 1. The summed E-state index contributed by atoms with van der Waals surface area (Å²) in [4.78, 5) is 21.2. The number of hydrogen-bond donors (Lipinski definition) is 2. The zero-order chi connectivity index (χ0) is 17.3. The average Bonchev–Trinajstić information content (AvgIpc) is 3.34. The largest absolute Gasteiger partial charge is 0.340 e. The molecule has 2 saturated carbocycles. The summed E-state index contributed by atoms with van der Waals surface area (Å²) in [6.07, 6.45) is 12.5. The smallest absolute Gasteiger partial charge is 0.315 e. The molecule has 0 radical (unpaired) electrons. The van der Waals surface area contributed by atoms with Gasteiger partial charge in [-0.3, -0.25) is 0 Å². The Morgan fingerprint density at radius 1 is 1.32 bits per heavy atom. The number of aryl methyl sites for hydroxylation is 1. The standard InChI is InChI=1S/C17H24N6O2/c1-12-19-15(22-25-12)17(7-2-3-8-17)21-16(24)20-13-5-4-6-14(13)23-10-9-18-11-23/h9-11,13-14H,2-8H2,1H3,(H2,20,21,24)/t13-,14+/m1/s1. The molecule has 0 bridgehead atoms. The zero-order valence-corrected chi connectivity index (χ0v) is 14.4. The van der Waals surface area contributed by atoms with Gasteiger partial charge >= 0.3 is 6.03 Å². The quantitative estimate of drug-likeness (QED) is 0.888. The molecule has 0 spiro atoms. The Hall–Kier alpha value is -2.38. The fraction of sp³-hybridized carbons (Fsp3) is 0.647. The second-order valence-corrected chi connectivity index (χ2v) is 7.14. The maximum absolute atomic E-state index is 12.7. The molecule has 2 aliphatic rings. The van der Waals surface area contributed by atoms with E-state index in [1.807, 2.05) is 12.5 Å². The van der Waals surface area contributed by atoms with Gasteiger partial charge in [0.25, 0.3) is 0 Å². The van der Waals surface area contributed by atoms with Gasteiger partial charge in [0.15, 0.2) is 5.82 Å². The normalized spacial score (nSPS) is 25.2. The van der Waals surface area contributed by atoms with Gasteiger partial charge in [-0.25, -0.2) is 9.78 Å². The molecule has 8 nitrogen and oxygen atoms in total. The fourth-order valence-electron chi connectivity index (χ4n) is 4.23. The van der Waals surface area contributed by atoms with E-state index in [1.54, 1.807) is 13.1 Å². The zero-order valence-electron chi connectivity index (χ0n) is 14.4. The molecule has 8 heteroatoms. The van der Waals surface area contributed by atoms with E-state index in [2.05, 4.69) is 30.3 Å². The van der Waals surface area contributed by atoms with Crippen LogP contribution in [0.15, 0.2) is 23.2 Å². The molecular formula is C17H24N6O2. The molecule has 134 valence electrons. The molecule has 2 aromatic heterocycles. The van der Waals surface area contributed by atoms with E-state index in [9.17, 15) is 4.79 Å². The number of urea groups is 1. The van der Waals surface area contributed by atoms with Crippen LogP contribution < -0.4 is 10.6 Å². The number of amides is 2. The van der Waals surface area contributed by atoms with Crippen LogP contribution in [0.4, 0.5) is 4.79 Å². The Morgan fingerprint density at radius 3 is 2.84 bits per heavy atom. The monoisotopic (exact) mass is 344 g/mol. The van der Waals surface area contributed by atoms with E-state index in [4.69, 9.17) is 4.52 Å². The van der Waals surface area contributed by atoms with Crippen molar-refractivity contribution < 1.29 is 9.32 Å². The number of hydrogen-bond acceptors (Lipinski definition) is 5. The second kappa shape index (κ2) is 6.50. The van der Waals surface area contributed by atoms with Crippen molar-refractivity contribution in [2.75, 3.05) is 0 Å². The molecule has 2 amide bonds. The van der Waals surface area contributed by atoms with Crippen LogP contribution in [-0.2, 0) is 5.54 Å². The van der Waals surface area contributed by atoms with Crippen molar-refractivity contribution in [3.63, 3.8) is 0 Å². The maximum Gasteiger partial charge on any atom is 0.315 e. The average molecular weight is 344 g/mol. The molecule has 2 atom stereocenters. The molecule has 0 aliphatic heterocycles. The summed E-state index contributed by atoms with van der Waals surface area (Å²) < 4.78 is 7.23. The van der Waals surface area contributed by atoms with Crippen molar-refractivity contribution in [2.45, 2.75) is 69.5 Å². The van der Waals surface area contributed by atoms with Gasteiger partial charge in [0.05, 0.1) is 18.4 Å². The summed E-state index contributed by atoms with van der Waals surface area (Å²) in [7, 11) is 0. The summed E-state index contributed by atoms with van der Waals surface area (Å²) in [5.74, 6) is 1.12. The topological polar surface area (TPSA) is 97.9 Å². The highest BCUT2D eigenvalue weighted by molar-refractivity contribution is 5.75. The molecule has 0 saturated heterocycles. The van der Waals surface area contributed by atoms with Crippen molar-refractivity contribution in [1.29, 1.82) is 0 Å².